The molecule has 8 aromatic carbocycles. The molecular formula is C42H26O. The molecular weight excluding hydrogens is 520 g/mol. The zero-order valence-electron chi connectivity index (χ0n) is 39.1. The molecule has 9 rings (SSSR count). The van der Waals surface area contributed by atoms with E-state index in [1.54, 1.807) is 18.2 Å². The number of furan rings is 1. The van der Waals surface area contributed by atoms with Gasteiger partial charge in [-0.2, -0.15) is 0 Å². The minimum Gasteiger partial charge on any atom is -0.455 e. The first kappa shape index (κ1) is 12.7. The molecule has 0 aliphatic carbocycles. The van der Waals surface area contributed by atoms with Crippen LogP contribution in [0.25, 0.3) is 87.6 Å². The molecule has 0 atom stereocenters. The molecule has 43 heavy (non-hydrogen) atoms. The third-order valence-corrected chi connectivity index (χ3v) is 7.57. The van der Waals surface area contributed by atoms with Crippen LogP contribution in [-0.2, 0) is 0 Å². The quantitative estimate of drug-likeness (QED) is 0.195. The van der Waals surface area contributed by atoms with Crippen LogP contribution in [0.5, 0.6) is 0 Å². The van der Waals surface area contributed by atoms with E-state index < -0.39 is 114 Å². The number of hydrogen-bond donors (Lipinski definition) is 0. The Bertz CT molecular complexity index is 3370. The summed E-state index contributed by atoms with van der Waals surface area (Å²) in [6.07, 6.45) is 0. The molecule has 1 heteroatoms. The second kappa shape index (κ2) is 9.44. The molecule has 0 radical (unpaired) electrons. The Balaban J connectivity index is 1.55. The van der Waals surface area contributed by atoms with E-state index in [1.165, 1.54) is 0 Å². The lowest BCUT2D eigenvalue weighted by Crippen LogP contribution is -1.91. The fourth-order valence-corrected chi connectivity index (χ4v) is 5.68. The Morgan fingerprint density at radius 1 is 0.419 bits per heavy atom. The summed E-state index contributed by atoms with van der Waals surface area (Å²) in [7, 11) is 0. The largest absolute Gasteiger partial charge is 0.455 e. The second-order valence-electron chi connectivity index (χ2n) is 9.96. The maximum absolute atomic E-state index is 9.64. The summed E-state index contributed by atoms with van der Waals surface area (Å²) >= 11 is 0. The van der Waals surface area contributed by atoms with Gasteiger partial charge in [0, 0.05) is 16.2 Å². The van der Waals surface area contributed by atoms with Crippen molar-refractivity contribution in [3.8, 4) is 33.4 Å². The zero-order chi connectivity index (χ0) is 43.1. The molecule has 9 aromatic rings. The van der Waals surface area contributed by atoms with E-state index in [2.05, 4.69) is 0 Å². The van der Waals surface area contributed by atoms with E-state index in [0.717, 1.165) is 5.56 Å². The van der Waals surface area contributed by atoms with Crippen molar-refractivity contribution in [2.45, 2.75) is 0 Å². The molecule has 0 aliphatic rings. The van der Waals surface area contributed by atoms with Crippen molar-refractivity contribution in [3.05, 3.63) is 157 Å². The van der Waals surface area contributed by atoms with Crippen LogP contribution in [0, 0.1) is 0 Å². The van der Waals surface area contributed by atoms with Crippen molar-refractivity contribution in [2.24, 2.45) is 0 Å². The first-order chi connectivity index (χ1) is 28.4. The molecule has 0 amide bonds. The van der Waals surface area contributed by atoms with Gasteiger partial charge in [-0.25, -0.2) is 0 Å². The van der Waals surface area contributed by atoms with Crippen molar-refractivity contribution in [3.63, 3.8) is 0 Å². The smallest absolute Gasteiger partial charge is 0.143 e. The van der Waals surface area contributed by atoms with Gasteiger partial charge in [-0.15, -0.1) is 0 Å². The molecule has 0 N–H and O–H groups in total. The van der Waals surface area contributed by atoms with Crippen LogP contribution in [0.3, 0.4) is 0 Å². The molecule has 1 heterocycles. The highest BCUT2D eigenvalue weighted by molar-refractivity contribution is 6.22. The van der Waals surface area contributed by atoms with E-state index in [0.29, 0.717) is 11.1 Å². The number of hydrogen-bond acceptors (Lipinski definition) is 1. The van der Waals surface area contributed by atoms with Crippen LogP contribution in [0.4, 0.5) is 0 Å². The number of fused-ring (bicyclic) bond motifs is 7. The molecule has 200 valence electrons. The monoisotopic (exact) mass is 563 g/mol. The minimum atomic E-state index is -0.738. The molecule has 0 unspecified atom stereocenters. The van der Waals surface area contributed by atoms with Gasteiger partial charge in [-0.3, -0.25) is 0 Å². The van der Waals surface area contributed by atoms with Crippen molar-refractivity contribution >= 4 is 54.3 Å². The molecule has 0 bridgehead atoms. The fraction of sp³-hybridized carbons (Fsp3) is 0. The highest BCUT2D eigenvalue weighted by Crippen LogP contribution is 2.45. The van der Waals surface area contributed by atoms with E-state index in [1.807, 2.05) is 36.4 Å². The summed E-state index contributed by atoms with van der Waals surface area (Å²) in [5.41, 5.74) is 0.192. The number of benzene rings is 8. The standard InChI is InChI=1S/C42H26O/c1-2-11-27(12-3-1)29-14-10-15-30(25-29)40-34-17-6-8-19-36(34)41(37-20-9-7-18-35(37)40)31-22-23-33-38-24-21-28-13-4-5-16-32(28)42(38)43-39(33)26-31/h1-26H/i4D,5D,6D,7D,8D,9D,13D,16D,17D,18D,19D,20D,21D,22D,23D,24D,26D. The summed E-state index contributed by atoms with van der Waals surface area (Å²) in [6, 6.07) is 5.13. The number of rotatable bonds is 3. The lowest BCUT2D eigenvalue weighted by Gasteiger charge is -2.18. The summed E-state index contributed by atoms with van der Waals surface area (Å²) in [5, 5.41) is -2.15. The third-order valence-electron chi connectivity index (χ3n) is 7.57. The first-order valence-electron chi connectivity index (χ1n) is 21.9. The van der Waals surface area contributed by atoms with Gasteiger partial charge >= 0.3 is 0 Å². The highest BCUT2D eigenvalue weighted by atomic mass is 16.3. The van der Waals surface area contributed by atoms with Gasteiger partial charge in [0.1, 0.15) is 11.2 Å². The lowest BCUT2D eigenvalue weighted by atomic mass is 9.85. The van der Waals surface area contributed by atoms with Gasteiger partial charge in [0.25, 0.3) is 0 Å². The average molecular weight is 564 g/mol. The van der Waals surface area contributed by atoms with Gasteiger partial charge in [0.15, 0.2) is 0 Å². The van der Waals surface area contributed by atoms with Crippen molar-refractivity contribution in [1.29, 1.82) is 0 Å². The van der Waals surface area contributed by atoms with Crippen molar-refractivity contribution in [1.82, 2.24) is 0 Å². The Kier molecular flexibility index (Phi) is 2.79. The van der Waals surface area contributed by atoms with Gasteiger partial charge in [-0.05, 0) is 84.5 Å². The molecule has 0 fully saturated rings. The predicted octanol–water partition coefficient (Wildman–Crippen LogP) is 12.0. The maximum Gasteiger partial charge on any atom is 0.143 e. The van der Waals surface area contributed by atoms with Gasteiger partial charge in [0.05, 0.1) is 23.3 Å². The summed E-state index contributed by atoms with van der Waals surface area (Å²) in [6.45, 7) is 0. The Hall–Kier alpha value is -5.66. The van der Waals surface area contributed by atoms with Crippen molar-refractivity contribution < 1.29 is 27.7 Å². The Morgan fingerprint density at radius 2 is 1.00 bits per heavy atom. The van der Waals surface area contributed by atoms with E-state index in [9.17, 15) is 9.60 Å². The normalized spacial score (nSPS) is 17.3. The molecule has 1 nitrogen and oxygen atoms in total. The third kappa shape index (κ3) is 3.72. The van der Waals surface area contributed by atoms with E-state index >= 15 is 0 Å². The van der Waals surface area contributed by atoms with E-state index in [4.69, 9.17) is 18.1 Å². The summed E-state index contributed by atoms with van der Waals surface area (Å²) in [4.78, 5) is 0. The zero-order valence-corrected chi connectivity index (χ0v) is 22.1. The summed E-state index contributed by atoms with van der Waals surface area (Å²) in [5.74, 6) is 0. The molecule has 0 aliphatic heterocycles. The van der Waals surface area contributed by atoms with Crippen LogP contribution in [0.1, 0.15) is 23.3 Å². The van der Waals surface area contributed by atoms with Crippen LogP contribution in [-0.4, -0.2) is 0 Å². The molecule has 0 saturated heterocycles. The Labute approximate surface area is 273 Å². The molecule has 1 aromatic heterocycles. The van der Waals surface area contributed by atoms with Crippen molar-refractivity contribution in [2.75, 3.05) is 0 Å². The minimum absolute atomic E-state index is 0.0388. The van der Waals surface area contributed by atoms with Crippen LogP contribution in [0.15, 0.2) is 162 Å². The van der Waals surface area contributed by atoms with Crippen LogP contribution >= 0.6 is 0 Å². The first-order valence-corrected chi connectivity index (χ1v) is 13.4. The van der Waals surface area contributed by atoms with E-state index in [-0.39, 0.29) is 59.8 Å². The van der Waals surface area contributed by atoms with Gasteiger partial charge in [0.2, 0.25) is 0 Å². The van der Waals surface area contributed by atoms with Gasteiger partial charge in [-0.1, -0.05) is 133 Å². The maximum atomic E-state index is 9.64. The Morgan fingerprint density at radius 3 is 1.72 bits per heavy atom. The highest BCUT2D eigenvalue weighted by Gasteiger charge is 2.18. The van der Waals surface area contributed by atoms with Crippen LogP contribution in [0.2, 0.25) is 0 Å². The molecule has 0 spiro atoms. The average Bonchev–Trinajstić information content (AvgIpc) is 3.66. The fourth-order valence-electron chi connectivity index (χ4n) is 5.68. The molecule has 0 saturated carbocycles. The SMILES string of the molecule is [2H]c1c([2H])c([2H])c2c(-c3c([2H])c([2H])c4c(oc5c6c([2H])c([2H])c([2H])c([2H])c6c([2H])c([2H])c54)c3[2H])c3c([2H])c([2H])c([2H])c([2H])c3c(-c3cccc(-c4ccccc4)c3)c2c1[2H]. The lowest BCUT2D eigenvalue weighted by molar-refractivity contribution is 0.673. The topological polar surface area (TPSA) is 13.1 Å². The summed E-state index contributed by atoms with van der Waals surface area (Å²) < 4.78 is 158. The predicted molar refractivity (Wildman–Crippen MR) is 183 cm³/mol. The van der Waals surface area contributed by atoms with Crippen LogP contribution < -0.4 is 0 Å². The van der Waals surface area contributed by atoms with Gasteiger partial charge < -0.3 is 4.42 Å². The second-order valence-corrected chi connectivity index (χ2v) is 9.96.